The third-order valence-corrected chi connectivity index (χ3v) is 3.69. The van der Waals surface area contributed by atoms with Crippen LogP contribution in [-0.4, -0.2) is 34.6 Å². The molecule has 0 aromatic heterocycles. The first-order chi connectivity index (χ1) is 9.07. The minimum absolute atomic E-state index is 0.0539. The molecular weight excluding hydrogens is 240 g/mol. The lowest BCUT2D eigenvalue weighted by Crippen LogP contribution is -2.50. The Morgan fingerprint density at radius 3 is 2.74 bits per heavy atom. The smallest absolute Gasteiger partial charge is 0.305 e. The maximum absolute atomic E-state index is 11.0. The average molecular weight is 262 g/mol. The van der Waals surface area contributed by atoms with Gasteiger partial charge in [0.15, 0.2) is 0 Å². The van der Waals surface area contributed by atoms with Crippen molar-refractivity contribution in [1.82, 2.24) is 4.90 Å². The zero-order chi connectivity index (χ0) is 13.7. The maximum atomic E-state index is 11.0. The van der Waals surface area contributed by atoms with Crippen molar-refractivity contribution in [3.05, 3.63) is 35.9 Å². The van der Waals surface area contributed by atoms with E-state index in [1.165, 1.54) is 5.56 Å². The fourth-order valence-electron chi connectivity index (χ4n) is 2.84. The number of likely N-dealkylation sites (tertiary alicyclic amines) is 1. The Kier molecular flexibility index (Phi) is 4.56. The number of benzene rings is 1. The number of aliphatic carboxylic acids is 1. The minimum atomic E-state index is -0.802. The summed E-state index contributed by atoms with van der Waals surface area (Å²) in [5, 5.41) is 9.00. The van der Waals surface area contributed by atoms with Gasteiger partial charge in [-0.1, -0.05) is 36.8 Å². The minimum Gasteiger partial charge on any atom is -0.481 e. The summed E-state index contributed by atoms with van der Waals surface area (Å²) >= 11 is 0. The number of carboxylic acid groups (broad SMARTS) is 1. The highest BCUT2D eigenvalue weighted by atomic mass is 16.4. The molecule has 4 heteroatoms. The Labute approximate surface area is 114 Å². The van der Waals surface area contributed by atoms with E-state index in [9.17, 15) is 4.79 Å². The van der Waals surface area contributed by atoms with E-state index in [1.807, 2.05) is 18.2 Å². The molecule has 1 fully saturated rings. The molecule has 2 rings (SSSR count). The second-order valence-corrected chi connectivity index (χ2v) is 5.59. The number of hydrogen-bond donors (Lipinski definition) is 2. The number of nitrogens with zero attached hydrogens (tertiary/aromatic N) is 1. The molecule has 3 N–H and O–H groups in total. The van der Waals surface area contributed by atoms with Crippen LogP contribution in [0.1, 0.15) is 31.2 Å². The fourth-order valence-corrected chi connectivity index (χ4v) is 2.84. The summed E-state index contributed by atoms with van der Waals surface area (Å²) in [7, 11) is 0. The first kappa shape index (κ1) is 14.0. The predicted molar refractivity (Wildman–Crippen MR) is 74.7 cm³/mol. The third kappa shape index (κ3) is 4.33. The lowest BCUT2D eigenvalue weighted by molar-refractivity contribution is -0.138. The van der Waals surface area contributed by atoms with E-state index in [4.69, 9.17) is 10.8 Å². The van der Waals surface area contributed by atoms with Gasteiger partial charge in [0.1, 0.15) is 0 Å². The van der Waals surface area contributed by atoms with Crippen LogP contribution >= 0.6 is 0 Å². The van der Waals surface area contributed by atoms with E-state index in [-0.39, 0.29) is 6.42 Å². The van der Waals surface area contributed by atoms with Gasteiger partial charge in [0.2, 0.25) is 0 Å². The van der Waals surface area contributed by atoms with E-state index >= 15 is 0 Å². The van der Waals surface area contributed by atoms with Crippen LogP contribution in [-0.2, 0) is 11.3 Å². The van der Waals surface area contributed by atoms with Gasteiger partial charge in [-0.15, -0.1) is 0 Å². The quantitative estimate of drug-likeness (QED) is 0.869. The average Bonchev–Trinajstić information content (AvgIpc) is 2.51. The van der Waals surface area contributed by atoms with Crippen molar-refractivity contribution in [3.8, 4) is 0 Å². The van der Waals surface area contributed by atoms with Crippen molar-refractivity contribution in [3.63, 3.8) is 0 Å². The highest BCUT2D eigenvalue weighted by Crippen LogP contribution is 2.23. The zero-order valence-electron chi connectivity index (χ0n) is 11.2. The molecule has 19 heavy (non-hydrogen) atoms. The number of nitrogens with two attached hydrogens (primary N) is 1. The summed E-state index contributed by atoms with van der Waals surface area (Å²) in [6.07, 6.45) is 2.95. The van der Waals surface area contributed by atoms with E-state index in [0.29, 0.717) is 6.54 Å². The van der Waals surface area contributed by atoms with Crippen LogP contribution < -0.4 is 5.73 Å². The summed E-state index contributed by atoms with van der Waals surface area (Å²) in [4.78, 5) is 13.2. The molecule has 1 atom stereocenters. The summed E-state index contributed by atoms with van der Waals surface area (Å²) in [5.41, 5.74) is 6.95. The molecule has 0 amide bonds. The first-order valence-corrected chi connectivity index (χ1v) is 6.84. The SMILES string of the molecule is NC1(CC(=O)O)CCCCN(Cc2ccccc2)C1. The van der Waals surface area contributed by atoms with Gasteiger partial charge in [0.05, 0.1) is 6.42 Å². The molecule has 1 saturated heterocycles. The van der Waals surface area contributed by atoms with Gasteiger partial charge >= 0.3 is 5.97 Å². The van der Waals surface area contributed by atoms with Gasteiger partial charge < -0.3 is 10.8 Å². The third-order valence-electron chi connectivity index (χ3n) is 3.69. The Morgan fingerprint density at radius 1 is 1.32 bits per heavy atom. The standard InChI is InChI=1S/C15H22N2O2/c16-15(10-14(18)19)8-4-5-9-17(12-15)11-13-6-2-1-3-7-13/h1-3,6-7H,4-5,8-12,16H2,(H,18,19). The predicted octanol–water partition coefficient (Wildman–Crippen LogP) is 1.84. The molecule has 1 aliphatic heterocycles. The van der Waals surface area contributed by atoms with E-state index in [1.54, 1.807) is 0 Å². The maximum Gasteiger partial charge on any atom is 0.305 e. The van der Waals surface area contributed by atoms with Crippen LogP contribution in [0.2, 0.25) is 0 Å². The molecule has 0 saturated carbocycles. The second kappa shape index (κ2) is 6.17. The number of carbonyl (C=O) groups is 1. The molecule has 4 nitrogen and oxygen atoms in total. The van der Waals surface area contributed by atoms with Crippen LogP contribution in [0.3, 0.4) is 0 Å². The normalized spacial score (nSPS) is 24.9. The molecule has 1 heterocycles. The molecule has 1 unspecified atom stereocenters. The summed E-state index contributed by atoms with van der Waals surface area (Å²) in [6, 6.07) is 10.3. The van der Waals surface area contributed by atoms with Crippen LogP contribution in [0.15, 0.2) is 30.3 Å². The number of carboxylic acids is 1. The molecule has 1 aliphatic rings. The Bertz CT molecular complexity index is 421. The monoisotopic (exact) mass is 262 g/mol. The summed E-state index contributed by atoms with van der Waals surface area (Å²) < 4.78 is 0. The van der Waals surface area contributed by atoms with E-state index in [0.717, 1.165) is 32.4 Å². The molecule has 0 spiro atoms. The van der Waals surface area contributed by atoms with E-state index in [2.05, 4.69) is 17.0 Å². The van der Waals surface area contributed by atoms with Crippen LogP contribution in [0.25, 0.3) is 0 Å². The first-order valence-electron chi connectivity index (χ1n) is 6.84. The van der Waals surface area contributed by atoms with Crippen molar-refractivity contribution in [2.45, 2.75) is 37.8 Å². The van der Waals surface area contributed by atoms with Gasteiger partial charge in [-0.05, 0) is 24.9 Å². The van der Waals surface area contributed by atoms with Crippen molar-refractivity contribution in [1.29, 1.82) is 0 Å². The van der Waals surface area contributed by atoms with Gasteiger partial charge in [-0.3, -0.25) is 9.69 Å². The molecule has 0 radical (unpaired) electrons. The molecule has 104 valence electrons. The zero-order valence-corrected chi connectivity index (χ0v) is 11.2. The summed E-state index contributed by atoms with van der Waals surface area (Å²) in [5.74, 6) is -0.802. The summed E-state index contributed by atoms with van der Waals surface area (Å²) in [6.45, 7) is 2.50. The van der Waals surface area contributed by atoms with Crippen LogP contribution in [0.5, 0.6) is 0 Å². The highest BCUT2D eigenvalue weighted by Gasteiger charge is 2.32. The van der Waals surface area contributed by atoms with E-state index < -0.39 is 11.5 Å². The van der Waals surface area contributed by atoms with Crippen molar-refractivity contribution in [2.75, 3.05) is 13.1 Å². The lowest BCUT2D eigenvalue weighted by Gasteiger charge is -2.31. The highest BCUT2D eigenvalue weighted by molar-refractivity contribution is 5.68. The lowest BCUT2D eigenvalue weighted by atomic mass is 9.91. The Balaban J connectivity index is 2.02. The molecule has 1 aromatic carbocycles. The van der Waals surface area contributed by atoms with Crippen molar-refractivity contribution < 1.29 is 9.90 Å². The molecule has 1 aromatic rings. The molecule has 0 aliphatic carbocycles. The Hall–Kier alpha value is -1.39. The Morgan fingerprint density at radius 2 is 2.05 bits per heavy atom. The topological polar surface area (TPSA) is 66.6 Å². The molecular formula is C15H22N2O2. The number of rotatable bonds is 4. The van der Waals surface area contributed by atoms with Gasteiger partial charge in [-0.25, -0.2) is 0 Å². The number of hydrogen-bond acceptors (Lipinski definition) is 3. The van der Waals surface area contributed by atoms with Crippen molar-refractivity contribution >= 4 is 5.97 Å². The van der Waals surface area contributed by atoms with Crippen LogP contribution in [0, 0.1) is 0 Å². The van der Waals surface area contributed by atoms with Gasteiger partial charge in [0.25, 0.3) is 0 Å². The second-order valence-electron chi connectivity index (χ2n) is 5.59. The fraction of sp³-hybridized carbons (Fsp3) is 0.533. The van der Waals surface area contributed by atoms with Crippen LogP contribution in [0.4, 0.5) is 0 Å². The van der Waals surface area contributed by atoms with Gasteiger partial charge in [0, 0.05) is 18.6 Å². The largest absolute Gasteiger partial charge is 0.481 e. The molecule has 0 bridgehead atoms. The van der Waals surface area contributed by atoms with Gasteiger partial charge in [-0.2, -0.15) is 0 Å². The van der Waals surface area contributed by atoms with Crippen molar-refractivity contribution in [2.24, 2.45) is 5.73 Å².